The molecule has 0 amide bonds. The van der Waals surface area contributed by atoms with Gasteiger partial charge in [-0.25, -0.2) is 0 Å². The lowest BCUT2D eigenvalue weighted by Gasteiger charge is -2.19. The molecule has 1 heterocycles. The van der Waals surface area contributed by atoms with Gasteiger partial charge in [-0.2, -0.15) is 0 Å². The fourth-order valence-corrected chi connectivity index (χ4v) is 3.10. The number of ketones is 1. The Kier molecular flexibility index (Phi) is 4.58. The van der Waals surface area contributed by atoms with Crippen LogP contribution in [0.3, 0.4) is 0 Å². The van der Waals surface area contributed by atoms with Gasteiger partial charge in [0.05, 0.1) is 12.0 Å². The maximum absolute atomic E-state index is 12.5. The molecule has 0 aromatic rings. The summed E-state index contributed by atoms with van der Waals surface area (Å²) < 4.78 is 11.2. The Morgan fingerprint density at radius 1 is 1.32 bits per heavy atom. The van der Waals surface area contributed by atoms with Crippen molar-refractivity contribution in [1.29, 1.82) is 0 Å². The van der Waals surface area contributed by atoms with Crippen LogP contribution in [0.15, 0.2) is 23.3 Å². The van der Waals surface area contributed by atoms with Gasteiger partial charge >= 0.3 is 0 Å². The van der Waals surface area contributed by atoms with Gasteiger partial charge in [-0.3, -0.25) is 4.79 Å². The third-order valence-corrected chi connectivity index (χ3v) is 4.18. The van der Waals surface area contributed by atoms with E-state index in [-0.39, 0.29) is 30.0 Å². The summed E-state index contributed by atoms with van der Waals surface area (Å²) in [6.45, 7) is 6.20. The summed E-state index contributed by atoms with van der Waals surface area (Å²) >= 11 is 0. The number of allylic oxidation sites excluding steroid dienone is 3. The van der Waals surface area contributed by atoms with Crippen molar-refractivity contribution < 1.29 is 14.3 Å². The molecule has 3 nitrogen and oxygen atoms in total. The minimum absolute atomic E-state index is 0.0821. The first-order valence-electron chi connectivity index (χ1n) is 7.07. The standard InChI is InChI=1S/C16H24O3/c1-10-6-5-7-11(2)9-14-15(13(17)8-10)12(3)16(18-4)19-14/h6,9,12,14-16H,5,7-8H2,1-4H3/b10-6+,11-9+/t12-,14-,15-,16-/m0/s1. The van der Waals surface area contributed by atoms with Gasteiger partial charge in [-0.15, -0.1) is 0 Å². The zero-order valence-electron chi connectivity index (χ0n) is 12.3. The number of hydrogen-bond donors (Lipinski definition) is 0. The van der Waals surface area contributed by atoms with Gasteiger partial charge in [0.2, 0.25) is 0 Å². The van der Waals surface area contributed by atoms with E-state index < -0.39 is 0 Å². The summed E-state index contributed by atoms with van der Waals surface area (Å²) in [6, 6.07) is 0. The van der Waals surface area contributed by atoms with Crippen molar-refractivity contribution in [2.75, 3.05) is 7.11 Å². The number of methoxy groups -OCH3 is 1. The second-order valence-electron chi connectivity index (χ2n) is 5.83. The second-order valence-corrected chi connectivity index (χ2v) is 5.83. The number of carbonyl (C=O) groups excluding carboxylic acids is 1. The maximum atomic E-state index is 12.5. The van der Waals surface area contributed by atoms with Gasteiger partial charge in [0, 0.05) is 19.4 Å². The van der Waals surface area contributed by atoms with Crippen molar-refractivity contribution in [1.82, 2.24) is 0 Å². The van der Waals surface area contributed by atoms with Crippen LogP contribution in [-0.2, 0) is 14.3 Å². The van der Waals surface area contributed by atoms with E-state index in [0.717, 1.165) is 12.8 Å². The summed E-state index contributed by atoms with van der Waals surface area (Å²) in [5.41, 5.74) is 2.46. The van der Waals surface area contributed by atoms with E-state index in [0.29, 0.717) is 6.42 Å². The molecule has 1 saturated heterocycles. The minimum atomic E-state index is -0.270. The molecule has 3 heteroatoms. The summed E-state index contributed by atoms with van der Waals surface area (Å²) in [6.07, 6.45) is 6.48. The van der Waals surface area contributed by atoms with E-state index in [4.69, 9.17) is 9.47 Å². The predicted molar refractivity (Wildman–Crippen MR) is 74.7 cm³/mol. The fourth-order valence-electron chi connectivity index (χ4n) is 3.10. The highest BCUT2D eigenvalue weighted by Crippen LogP contribution is 2.36. The zero-order valence-corrected chi connectivity index (χ0v) is 12.3. The first-order chi connectivity index (χ1) is 9.02. The van der Waals surface area contributed by atoms with Crippen molar-refractivity contribution in [3.05, 3.63) is 23.3 Å². The van der Waals surface area contributed by atoms with E-state index >= 15 is 0 Å². The van der Waals surface area contributed by atoms with E-state index in [9.17, 15) is 4.79 Å². The first kappa shape index (κ1) is 14.5. The van der Waals surface area contributed by atoms with Gasteiger partial charge < -0.3 is 9.47 Å². The summed E-state index contributed by atoms with van der Waals surface area (Å²) in [4.78, 5) is 12.5. The Hall–Kier alpha value is -0.930. The molecular weight excluding hydrogens is 240 g/mol. The predicted octanol–water partition coefficient (Wildman–Crippen LogP) is 3.26. The molecule has 1 fully saturated rings. The first-order valence-corrected chi connectivity index (χ1v) is 7.07. The smallest absolute Gasteiger partial charge is 0.161 e. The molecule has 19 heavy (non-hydrogen) atoms. The molecule has 4 atom stereocenters. The Morgan fingerprint density at radius 3 is 2.74 bits per heavy atom. The van der Waals surface area contributed by atoms with Crippen LogP contribution in [0, 0.1) is 11.8 Å². The summed E-state index contributed by atoms with van der Waals surface area (Å²) in [5.74, 6) is 0.303. The Balaban J connectivity index is 2.29. The molecule has 1 aliphatic carbocycles. The zero-order chi connectivity index (χ0) is 14.0. The molecule has 0 aromatic heterocycles. The van der Waals surface area contributed by atoms with Crippen LogP contribution < -0.4 is 0 Å². The van der Waals surface area contributed by atoms with E-state index in [2.05, 4.69) is 19.1 Å². The van der Waals surface area contributed by atoms with Crippen molar-refractivity contribution >= 4 is 5.78 Å². The monoisotopic (exact) mass is 264 g/mol. The lowest BCUT2D eigenvalue weighted by molar-refractivity contribution is -0.124. The summed E-state index contributed by atoms with van der Waals surface area (Å²) in [7, 11) is 1.64. The van der Waals surface area contributed by atoms with Crippen LogP contribution in [0.1, 0.15) is 40.0 Å². The molecule has 0 aromatic carbocycles. The van der Waals surface area contributed by atoms with Gasteiger partial charge in [-0.05, 0) is 26.7 Å². The average molecular weight is 264 g/mol. The minimum Gasteiger partial charge on any atom is -0.356 e. The van der Waals surface area contributed by atoms with E-state index in [1.54, 1.807) is 7.11 Å². The van der Waals surface area contributed by atoms with Crippen LogP contribution in [0.2, 0.25) is 0 Å². The van der Waals surface area contributed by atoms with Crippen LogP contribution in [0.5, 0.6) is 0 Å². The van der Waals surface area contributed by atoms with Crippen LogP contribution in [-0.4, -0.2) is 25.3 Å². The van der Waals surface area contributed by atoms with Crippen LogP contribution in [0.4, 0.5) is 0 Å². The number of fused-ring (bicyclic) bond motifs is 1. The van der Waals surface area contributed by atoms with Crippen LogP contribution >= 0.6 is 0 Å². The molecule has 0 saturated carbocycles. The molecule has 1 aliphatic heterocycles. The molecule has 0 unspecified atom stereocenters. The largest absolute Gasteiger partial charge is 0.356 e. The summed E-state index contributed by atoms with van der Waals surface area (Å²) in [5, 5.41) is 0. The van der Waals surface area contributed by atoms with Gasteiger partial charge in [0.25, 0.3) is 0 Å². The maximum Gasteiger partial charge on any atom is 0.161 e. The van der Waals surface area contributed by atoms with Crippen molar-refractivity contribution in [3.8, 4) is 0 Å². The quantitative estimate of drug-likeness (QED) is 0.682. The molecule has 0 spiro atoms. The van der Waals surface area contributed by atoms with E-state index in [1.165, 1.54) is 11.1 Å². The number of rotatable bonds is 1. The molecular formula is C16H24O3. The van der Waals surface area contributed by atoms with Crippen molar-refractivity contribution in [3.63, 3.8) is 0 Å². The SMILES string of the molecule is CO[C@H]1O[C@H]2/C=C(\C)CC/C=C(\C)CC(=O)[C@@H]2[C@@H]1C. The van der Waals surface area contributed by atoms with Crippen LogP contribution in [0.25, 0.3) is 0 Å². The van der Waals surface area contributed by atoms with Gasteiger partial charge in [0.1, 0.15) is 5.78 Å². The van der Waals surface area contributed by atoms with E-state index in [1.807, 2.05) is 13.8 Å². The number of ether oxygens (including phenoxy) is 2. The van der Waals surface area contributed by atoms with Gasteiger partial charge in [-0.1, -0.05) is 30.2 Å². The highest BCUT2D eigenvalue weighted by molar-refractivity contribution is 5.84. The molecule has 0 radical (unpaired) electrons. The lowest BCUT2D eigenvalue weighted by Crippen LogP contribution is -2.28. The normalized spacial score (nSPS) is 42.0. The fraction of sp³-hybridized carbons (Fsp3) is 0.688. The molecule has 2 rings (SSSR count). The third-order valence-electron chi connectivity index (χ3n) is 4.18. The Labute approximate surface area is 115 Å². The highest BCUT2D eigenvalue weighted by Gasteiger charge is 2.44. The molecule has 0 bridgehead atoms. The molecule has 2 aliphatic rings. The number of hydrogen-bond acceptors (Lipinski definition) is 3. The van der Waals surface area contributed by atoms with Crippen molar-refractivity contribution in [2.45, 2.75) is 52.4 Å². The number of carbonyl (C=O) groups is 1. The average Bonchev–Trinajstić information content (AvgIpc) is 2.64. The van der Waals surface area contributed by atoms with Crippen molar-refractivity contribution in [2.24, 2.45) is 11.8 Å². The third kappa shape index (κ3) is 3.15. The van der Waals surface area contributed by atoms with Gasteiger partial charge in [0.15, 0.2) is 6.29 Å². The number of Topliss-reactive ketones (excluding diaryl/α,β-unsaturated/α-hetero) is 1. The molecule has 106 valence electrons. The Bertz CT molecular complexity index is 408. The highest BCUT2D eigenvalue weighted by atomic mass is 16.7. The topological polar surface area (TPSA) is 35.5 Å². The lowest BCUT2D eigenvalue weighted by atomic mass is 9.83. The Morgan fingerprint density at radius 2 is 2.05 bits per heavy atom. The molecule has 0 N–H and O–H groups in total. The second kappa shape index (κ2) is 6.02.